The van der Waals surface area contributed by atoms with Crippen LogP contribution in [0.1, 0.15) is 22.8 Å². The summed E-state index contributed by atoms with van der Waals surface area (Å²) >= 11 is 0.259. The molecule has 0 atom stereocenters. The molecule has 0 unspecified atom stereocenters. The normalized spacial score (nSPS) is 10.6. The van der Waals surface area contributed by atoms with Crippen molar-refractivity contribution in [3.8, 4) is 0 Å². The van der Waals surface area contributed by atoms with E-state index < -0.39 is 24.2 Å². The van der Waals surface area contributed by atoms with E-state index in [-0.39, 0.29) is 22.2 Å². The first-order valence-electron chi connectivity index (χ1n) is 7.59. The van der Waals surface area contributed by atoms with Crippen LogP contribution in [0.2, 0.25) is 0 Å². The summed E-state index contributed by atoms with van der Waals surface area (Å²) in [4.78, 5) is 24.0. The Kier molecular flexibility index (Phi) is 6.94. The SMILES string of the molecule is CCc1ccc(NC(=O)COC(=O)c2ccccc2SC(F)F)cc1. The minimum atomic E-state index is -2.65. The largest absolute Gasteiger partial charge is 0.452 e. The van der Waals surface area contributed by atoms with Crippen molar-refractivity contribution < 1.29 is 23.1 Å². The standard InChI is InChI=1S/C18H17F2NO3S/c1-2-12-7-9-13(10-8-12)21-16(22)11-24-17(23)14-5-3-4-6-15(14)25-18(19)20/h3-10,18H,2,11H2,1H3,(H,21,22). The molecule has 0 fully saturated rings. The number of ether oxygens (including phenoxy) is 1. The summed E-state index contributed by atoms with van der Waals surface area (Å²) < 4.78 is 30.0. The van der Waals surface area contributed by atoms with E-state index in [1.54, 1.807) is 24.3 Å². The number of hydrogen-bond acceptors (Lipinski definition) is 4. The van der Waals surface area contributed by atoms with Gasteiger partial charge < -0.3 is 10.1 Å². The fourth-order valence-corrected chi connectivity index (χ4v) is 2.69. The minimum Gasteiger partial charge on any atom is -0.452 e. The molecule has 0 aromatic heterocycles. The molecule has 0 radical (unpaired) electrons. The van der Waals surface area contributed by atoms with Gasteiger partial charge in [-0.15, -0.1) is 0 Å². The number of benzene rings is 2. The molecule has 2 aromatic rings. The molecule has 1 N–H and O–H groups in total. The van der Waals surface area contributed by atoms with E-state index in [0.29, 0.717) is 5.69 Å². The summed E-state index contributed by atoms with van der Waals surface area (Å²) in [6.07, 6.45) is 0.891. The topological polar surface area (TPSA) is 55.4 Å². The molecule has 7 heteroatoms. The molecule has 0 heterocycles. The van der Waals surface area contributed by atoms with Gasteiger partial charge in [-0.1, -0.05) is 43.0 Å². The lowest BCUT2D eigenvalue weighted by molar-refractivity contribution is -0.119. The molecular weight excluding hydrogens is 348 g/mol. The van der Waals surface area contributed by atoms with Gasteiger partial charge >= 0.3 is 5.97 Å². The number of carbonyl (C=O) groups is 2. The molecule has 0 saturated carbocycles. The molecule has 0 aliphatic rings. The number of hydrogen-bond donors (Lipinski definition) is 1. The summed E-state index contributed by atoms with van der Waals surface area (Å²) in [5.74, 6) is -3.97. The molecule has 0 saturated heterocycles. The summed E-state index contributed by atoms with van der Waals surface area (Å²) in [7, 11) is 0. The predicted octanol–water partition coefficient (Wildman–Crippen LogP) is 4.36. The molecule has 4 nitrogen and oxygen atoms in total. The zero-order valence-corrected chi connectivity index (χ0v) is 14.3. The van der Waals surface area contributed by atoms with Gasteiger partial charge in [0.15, 0.2) is 6.61 Å². The van der Waals surface area contributed by atoms with Gasteiger partial charge in [0.1, 0.15) is 0 Å². The lowest BCUT2D eigenvalue weighted by Gasteiger charge is -2.09. The first kappa shape index (κ1) is 18.9. The third-order valence-electron chi connectivity index (χ3n) is 3.30. The van der Waals surface area contributed by atoms with Crippen LogP contribution < -0.4 is 5.32 Å². The number of carbonyl (C=O) groups excluding carboxylic acids is 2. The average Bonchev–Trinajstić information content (AvgIpc) is 2.60. The fraction of sp³-hybridized carbons (Fsp3) is 0.222. The van der Waals surface area contributed by atoms with Crippen LogP contribution in [0.25, 0.3) is 0 Å². The van der Waals surface area contributed by atoms with E-state index in [9.17, 15) is 18.4 Å². The second-order valence-electron chi connectivity index (χ2n) is 5.05. The summed E-state index contributed by atoms with van der Waals surface area (Å²) in [5.41, 5.74) is 1.73. The zero-order valence-electron chi connectivity index (χ0n) is 13.5. The molecular formula is C18H17F2NO3S. The summed E-state index contributed by atoms with van der Waals surface area (Å²) in [5, 5.41) is 2.61. The molecule has 2 rings (SSSR count). The highest BCUT2D eigenvalue weighted by Crippen LogP contribution is 2.28. The Morgan fingerprint density at radius 1 is 1.12 bits per heavy atom. The van der Waals surface area contributed by atoms with E-state index in [1.807, 2.05) is 19.1 Å². The van der Waals surface area contributed by atoms with Crippen LogP contribution in [0.3, 0.4) is 0 Å². The first-order chi connectivity index (χ1) is 12.0. The molecule has 0 spiro atoms. The maximum absolute atomic E-state index is 12.5. The number of alkyl halides is 2. The summed E-state index contributed by atoms with van der Waals surface area (Å²) in [6, 6.07) is 13.2. The highest BCUT2D eigenvalue weighted by molar-refractivity contribution is 7.99. The average molecular weight is 365 g/mol. The Morgan fingerprint density at radius 3 is 2.44 bits per heavy atom. The second-order valence-corrected chi connectivity index (χ2v) is 6.08. The van der Waals surface area contributed by atoms with Crippen LogP contribution in [0.15, 0.2) is 53.4 Å². The molecule has 2 aromatic carbocycles. The number of anilines is 1. The Balaban J connectivity index is 1.92. The maximum Gasteiger partial charge on any atom is 0.339 e. The zero-order chi connectivity index (χ0) is 18.2. The van der Waals surface area contributed by atoms with Crippen molar-refractivity contribution in [2.75, 3.05) is 11.9 Å². The quantitative estimate of drug-likeness (QED) is 0.585. The third kappa shape index (κ3) is 5.86. The monoisotopic (exact) mass is 365 g/mol. The van der Waals surface area contributed by atoms with Gasteiger partial charge in [-0.3, -0.25) is 4.79 Å². The van der Waals surface area contributed by atoms with E-state index in [0.717, 1.165) is 12.0 Å². The highest BCUT2D eigenvalue weighted by Gasteiger charge is 2.17. The van der Waals surface area contributed by atoms with Crippen molar-refractivity contribution in [2.45, 2.75) is 24.0 Å². The molecule has 132 valence electrons. The first-order valence-corrected chi connectivity index (χ1v) is 8.47. The van der Waals surface area contributed by atoms with Gasteiger partial charge in [0.2, 0.25) is 0 Å². The number of amides is 1. The predicted molar refractivity (Wildman–Crippen MR) is 93.0 cm³/mol. The number of nitrogens with one attached hydrogen (secondary N) is 1. The smallest absolute Gasteiger partial charge is 0.339 e. The number of rotatable bonds is 7. The minimum absolute atomic E-state index is 0.00731. The molecule has 1 amide bonds. The summed E-state index contributed by atoms with van der Waals surface area (Å²) in [6.45, 7) is 1.53. The van der Waals surface area contributed by atoms with Gasteiger partial charge in [0.25, 0.3) is 11.7 Å². The van der Waals surface area contributed by atoms with E-state index >= 15 is 0 Å². The van der Waals surface area contributed by atoms with Crippen molar-refractivity contribution in [3.05, 3.63) is 59.7 Å². The Morgan fingerprint density at radius 2 is 1.80 bits per heavy atom. The number of thioether (sulfide) groups is 1. The van der Waals surface area contributed by atoms with Crippen LogP contribution >= 0.6 is 11.8 Å². The lowest BCUT2D eigenvalue weighted by atomic mass is 10.1. The maximum atomic E-state index is 12.5. The van der Waals surface area contributed by atoms with E-state index in [2.05, 4.69) is 5.32 Å². The number of esters is 1. The van der Waals surface area contributed by atoms with E-state index in [4.69, 9.17) is 4.74 Å². The van der Waals surface area contributed by atoms with Crippen molar-refractivity contribution in [1.29, 1.82) is 0 Å². The highest BCUT2D eigenvalue weighted by atomic mass is 32.2. The second kappa shape index (κ2) is 9.17. The van der Waals surface area contributed by atoms with Crippen LogP contribution in [-0.4, -0.2) is 24.2 Å². The van der Waals surface area contributed by atoms with Crippen LogP contribution in [0, 0.1) is 0 Å². The molecule has 25 heavy (non-hydrogen) atoms. The van der Waals surface area contributed by atoms with Crippen LogP contribution in [0.5, 0.6) is 0 Å². The van der Waals surface area contributed by atoms with Crippen LogP contribution in [-0.2, 0) is 16.0 Å². The molecule has 0 bridgehead atoms. The molecule has 0 aliphatic heterocycles. The van der Waals surface area contributed by atoms with Crippen molar-refractivity contribution in [1.82, 2.24) is 0 Å². The fourth-order valence-electron chi connectivity index (χ4n) is 2.06. The number of halogens is 2. The van der Waals surface area contributed by atoms with Gasteiger partial charge in [-0.25, -0.2) is 4.79 Å². The van der Waals surface area contributed by atoms with Gasteiger partial charge in [0, 0.05) is 10.6 Å². The Labute approximate surface area is 148 Å². The van der Waals surface area contributed by atoms with Gasteiger partial charge in [-0.05, 0) is 36.2 Å². The lowest BCUT2D eigenvalue weighted by Crippen LogP contribution is -2.21. The van der Waals surface area contributed by atoms with Crippen molar-refractivity contribution >= 4 is 29.3 Å². The number of aryl methyl sites for hydroxylation is 1. The van der Waals surface area contributed by atoms with Crippen molar-refractivity contribution in [3.63, 3.8) is 0 Å². The van der Waals surface area contributed by atoms with Gasteiger partial charge in [-0.2, -0.15) is 8.78 Å². The van der Waals surface area contributed by atoms with Gasteiger partial charge in [0.05, 0.1) is 5.56 Å². The molecule has 0 aliphatic carbocycles. The third-order valence-corrected chi connectivity index (χ3v) is 4.09. The van der Waals surface area contributed by atoms with E-state index in [1.165, 1.54) is 12.1 Å². The Hall–Kier alpha value is -2.41. The van der Waals surface area contributed by atoms with Crippen LogP contribution in [0.4, 0.5) is 14.5 Å². The Bertz CT molecular complexity index is 735. The van der Waals surface area contributed by atoms with Crippen molar-refractivity contribution in [2.24, 2.45) is 0 Å².